The number of aromatic nitrogens is 4. The van der Waals surface area contributed by atoms with Crippen LogP contribution in [-0.2, 0) is 17.0 Å². The monoisotopic (exact) mass is 453 g/mol. The van der Waals surface area contributed by atoms with Crippen LogP contribution in [0, 0.1) is 13.8 Å². The molecule has 0 unspecified atom stereocenters. The van der Waals surface area contributed by atoms with Gasteiger partial charge in [0.2, 0.25) is 5.91 Å². The van der Waals surface area contributed by atoms with E-state index in [0.717, 1.165) is 65.8 Å². The normalized spacial score (nSPS) is 16.5. The third-order valence-electron chi connectivity index (χ3n) is 5.65. The van der Waals surface area contributed by atoms with Crippen molar-refractivity contribution < 1.29 is 4.79 Å². The molecule has 3 aromatic rings. The molecule has 1 fully saturated rings. The second-order valence-corrected chi connectivity index (χ2v) is 9.79. The fourth-order valence-electron chi connectivity index (χ4n) is 3.92. The van der Waals surface area contributed by atoms with Crippen LogP contribution in [0.4, 0.5) is 0 Å². The van der Waals surface area contributed by atoms with Crippen molar-refractivity contribution >= 4 is 29.0 Å². The highest BCUT2D eigenvalue weighted by Gasteiger charge is 2.27. The van der Waals surface area contributed by atoms with Crippen molar-refractivity contribution in [2.45, 2.75) is 56.4 Å². The Bertz CT molecular complexity index is 1020. The Morgan fingerprint density at radius 3 is 2.97 bits per heavy atom. The molecule has 6 nitrogen and oxygen atoms in total. The van der Waals surface area contributed by atoms with E-state index in [9.17, 15) is 4.79 Å². The van der Waals surface area contributed by atoms with E-state index in [4.69, 9.17) is 4.98 Å². The molecule has 162 valence electrons. The summed E-state index contributed by atoms with van der Waals surface area (Å²) in [6.07, 6.45) is 8.97. The molecule has 31 heavy (non-hydrogen) atoms. The number of rotatable bonds is 7. The second-order valence-electron chi connectivity index (χ2n) is 7.91. The third-order valence-corrected chi connectivity index (χ3v) is 7.58. The lowest BCUT2D eigenvalue weighted by atomic mass is 9.92. The highest BCUT2D eigenvalue weighted by molar-refractivity contribution is 7.98. The molecule has 1 saturated heterocycles. The molecule has 1 aliphatic heterocycles. The summed E-state index contributed by atoms with van der Waals surface area (Å²) < 4.78 is 0. The number of hydrogen-bond acceptors (Lipinski definition) is 7. The number of carbonyl (C=O) groups excluding carboxylic acids is 1. The first kappa shape index (κ1) is 21.9. The van der Waals surface area contributed by atoms with Crippen LogP contribution in [0.1, 0.15) is 52.6 Å². The van der Waals surface area contributed by atoms with Crippen LogP contribution >= 0.6 is 23.1 Å². The van der Waals surface area contributed by atoms with Gasteiger partial charge in [0.25, 0.3) is 0 Å². The molecular formula is C23H27N5OS2. The highest BCUT2D eigenvalue weighted by atomic mass is 32.2. The predicted octanol–water partition coefficient (Wildman–Crippen LogP) is 4.58. The summed E-state index contributed by atoms with van der Waals surface area (Å²) in [5.41, 5.74) is 6.24. The lowest BCUT2D eigenvalue weighted by Crippen LogP contribution is -2.39. The summed E-state index contributed by atoms with van der Waals surface area (Å²) in [5, 5.41) is 0.786. The molecule has 0 spiro atoms. The van der Waals surface area contributed by atoms with Crippen LogP contribution in [0.5, 0.6) is 0 Å². The van der Waals surface area contributed by atoms with Crippen LogP contribution in [0.3, 0.4) is 0 Å². The summed E-state index contributed by atoms with van der Waals surface area (Å²) in [6, 6.07) is 4.01. The zero-order valence-corrected chi connectivity index (χ0v) is 19.6. The number of thiazole rings is 1. The van der Waals surface area contributed by atoms with E-state index in [1.807, 2.05) is 35.8 Å². The van der Waals surface area contributed by atoms with E-state index in [1.165, 1.54) is 4.88 Å². The van der Waals surface area contributed by atoms with Crippen LogP contribution in [0.25, 0.3) is 0 Å². The van der Waals surface area contributed by atoms with Crippen LogP contribution in [-0.4, -0.2) is 43.8 Å². The Hall–Kier alpha value is -2.32. The van der Waals surface area contributed by atoms with E-state index in [2.05, 4.69) is 27.9 Å². The average molecular weight is 454 g/mol. The van der Waals surface area contributed by atoms with Gasteiger partial charge in [0.15, 0.2) is 5.16 Å². The van der Waals surface area contributed by atoms with Gasteiger partial charge in [-0.15, -0.1) is 11.3 Å². The molecule has 0 bridgehead atoms. The number of amides is 1. The number of carbonyl (C=O) groups is 1. The maximum atomic E-state index is 12.9. The summed E-state index contributed by atoms with van der Waals surface area (Å²) in [7, 11) is 0. The first-order valence-corrected chi connectivity index (χ1v) is 12.5. The number of pyridine rings is 1. The second kappa shape index (κ2) is 10.3. The van der Waals surface area contributed by atoms with Gasteiger partial charge in [-0.05, 0) is 50.3 Å². The van der Waals surface area contributed by atoms with Crippen LogP contribution in [0.15, 0.2) is 41.4 Å². The SMILES string of the molecule is Cc1cnc(SCc2cccnc2)nc1[C@H]1CCCN(C(=O)CCc2scnc2C)C1. The highest BCUT2D eigenvalue weighted by Crippen LogP contribution is 2.30. The van der Waals surface area contributed by atoms with Gasteiger partial charge in [0.1, 0.15) is 0 Å². The fourth-order valence-corrected chi connectivity index (χ4v) is 5.46. The van der Waals surface area contributed by atoms with Crippen LogP contribution in [0.2, 0.25) is 0 Å². The molecule has 4 heterocycles. The Morgan fingerprint density at radius 2 is 2.19 bits per heavy atom. The first-order valence-electron chi connectivity index (χ1n) is 10.6. The number of piperidine rings is 1. The standard InChI is InChI=1S/C23H27N5OS2/c1-16-11-25-23(30-14-18-5-3-9-24-12-18)27-22(16)19-6-4-10-28(13-19)21(29)8-7-20-17(2)26-15-31-20/h3,5,9,11-12,15,19H,4,6-8,10,13-14H2,1-2H3/t19-/m0/s1. The lowest BCUT2D eigenvalue weighted by Gasteiger charge is -2.33. The zero-order valence-electron chi connectivity index (χ0n) is 18.0. The fraction of sp³-hybridized carbons (Fsp3) is 0.435. The van der Waals surface area contributed by atoms with Crippen LogP contribution < -0.4 is 0 Å². The molecule has 1 atom stereocenters. The smallest absolute Gasteiger partial charge is 0.222 e. The minimum Gasteiger partial charge on any atom is -0.342 e. The van der Waals surface area contributed by atoms with E-state index < -0.39 is 0 Å². The van der Waals surface area contributed by atoms with Gasteiger partial charge in [-0.2, -0.15) is 0 Å². The molecule has 3 aromatic heterocycles. The van der Waals surface area contributed by atoms with Gasteiger partial charge in [0, 0.05) is 54.6 Å². The first-order chi connectivity index (χ1) is 15.1. The van der Waals surface area contributed by atoms with Crippen molar-refractivity contribution in [3.63, 3.8) is 0 Å². The Balaban J connectivity index is 1.39. The van der Waals surface area contributed by atoms with E-state index in [1.54, 1.807) is 29.3 Å². The molecule has 0 aromatic carbocycles. The molecule has 1 amide bonds. The number of hydrogen-bond donors (Lipinski definition) is 0. The largest absolute Gasteiger partial charge is 0.342 e. The molecule has 0 saturated carbocycles. The third kappa shape index (κ3) is 5.68. The average Bonchev–Trinajstić information content (AvgIpc) is 3.22. The molecule has 1 aliphatic rings. The maximum absolute atomic E-state index is 12.9. The van der Waals surface area contributed by atoms with Crippen molar-refractivity contribution in [2.75, 3.05) is 13.1 Å². The quantitative estimate of drug-likeness (QED) is 0.385. The molecular weight excluding hydrogens is 426 g/mol. The molecule has 8 heteroatoms. The minimum absolute atomic E-state index is 0.232. The van der Waals surface area contributed by atoms with E-state index >= 15 is 0 Å². The number of likely N-dealkylation sites (tertiary alicyclic amines) is 1. The Morgan fingerprint density at radius 1 is 1.29 bits per heavy atom. The predicted molar refractivity (Wildman–Crippen MR) is 124 cm³/mol. The molecule has 0 N–H and O–H groups in total. The zero-order chi connectivity index (χ0) is 21.6. The van der Waals surface area contributed by atoms with Crippen molar-refractivity contribution in [1.82, 2.24) is 24.8 Å². The van der Waals surface area contributed by atoms with Gasteiger partial charge < -0.3 is 4.90 Å². The summed E-state index contributed by atoms with van der Waals surface area (Å²) >= 11 is 3.26. The van der Waals surface area contributed by atoms with Gasteiger partial charge >= 0.3 is 0 Å². The lowest BCUT2D eigenvalue weighted by molar-refractivity contribution is -0.132. The van der Waals surface area contributed by atoms with E-state index in [0.29, 0.717) is 6.42 Å². The Labute approximate surface area is 191 Å². The molecule has 0 aliphatic carbocycles. The summed E-state index contributed by atoms with van der Waals surface area (Å²) in [4.78, 5) is 34.0. The number of aryl methyl sites for hydroxylation is 3. The topological polar surface area (TPSA) is 71.9 Å². The molecule has 0 radical (unpaired) electrons. The maximum Gasteiger partial charge on any atom is 0.222 e. The van der Waals surface area contributed by atoms with Gasteiger partial charge in [-0.3, -0.25) is 9.78 Å². The van der Waals surface area contributed by atoms with Gasteiger partial charge in [0.05, 0.1) is 16.9 Å². The van der Waals surface area contributed by atoms with Gasteiger partial charge in [-0.25, -0.2) is 15.0 Å². The van der Waals surface area contributed by atoms with Crippen molar-refractivity contribution in [1.29, 1.82) is 0 Å². The van der Waals surface area contributed by atoms with Crippen molar-refractivity contribution in [3.8, 4) is 0 Å². The van der Waals surface area contributed by atoms with E-state index in [-0.39, 0.29) is 11.8 Å². The molecule has 4 rings (SSSR count). The minimum atomic E-state index is 0.232. The summed E-state index contributed by atoms with van der Waals surface area (Å²) in [5.74, 6) is 1.29. The van der Waals surface area contributed by atoms with Crippen molar-refractivity contribution in [3.05, 3.63) is 63.6 Å². The Kier molecular flexibility index (Phi) is 7.29. The van der Waals surface area contributed by atoms with Gasteiger partial charge in [-0.1, -0.05) is 17.8 Å². The number of nitrogens with zero attached hydrogens (tertiary/aromatic N) is 5. The summed E-state index contributed by atoms with van der Waals surface area (Å²) in [6.45, 7) is 5.65. The van der Waals surface area contributed by atoms with Crippen molar-refractivity contribution in [2.24, 2.45) is 0 Å². The number of thioether (sulfide) groups is 1.